The third kappa shape index (κ3) is 2.97. The molecule has 3 rings (SSSR count). The number of anilines is 1. The van der Waals surface area contributed by atoms with Crippen molar-refractivity contribution in [2.24, 2.45) is 0 Å². The van der Waals surface area contributed by atoms with Gasteiger partial charge in [-0.25, -0.2) is 0 Å². The molecule has 23 heavy (non-hydrogen) atoms. The molecule has 0 saturated carbocycles. The minimum atomic E-state index is -0.0863. The second kappa shape index (κ2) is 5.88. The summed E-state index contributed by atoms with van der Waals surface area (Å²) in [6.45, 7) is 7.99. The first-order valence-electron chi connectivity index (χ1n) is 7.67. The Morgan fingerprint density at radius 2 is 1.78 bits per heavy atom. The minimum Gasteiger partial charge on any atom is -0.356 e. The van der Waals surface area contributed by atoms with Crippen LogP contribution in [0.4, 0.5) is 5.69 Å². The number of amides is 1. The Kier molecular flexibility index (Phi) is 3.90. The average molecular weight is 308 g/mol. The molecule has 1 amide bonds. The molecule has 2 aromatic carbocycles. The highest BCUT2D eigenvalue weighted by Gasteiger charge is 2.15. The van der Waals surface area contributed by atoms with Crippen LogP contribution in [-0.4, -0.2) is 11.1 Å². The van der Waals surface area contributed by atoms with Gasteiger partial charge in [-0.2, -0.15) is 0 Å². The largest absolute Gasteiger partial charge is 0.356 e. The first-order chi connectivity index (χ1) is 11.0. The molecule has 4 heteroatoms. The normalized spacial score (nSPS) is 11.0. The van der Waals surface area contributed by atoms with Gasteiger partial charge in [-0.3, -0.25) is 4.79 Å². The van der Waals surface area contributed by atoms with E-state index >= 15 is 0 Å². The van der Waals surface area contributed by atoms with E-state index in [9.17, 15) is 4.79 Å². The molecule has 0 atom stereocenters. The molecule has 0 saturated heterocycles. The number of nitrogens with one attached hydrogen (secondary N) is 1. The Hall–Kier alpha value is -2.62. The number of hydrogen-bond donors (Lipinski definition) is 1. The minimum absolute atomic E-state index is 0.0863. The van der Waals surface area contributed by atoms with Gasteiger partial charge < -0.3 is 9.84 Å². The van der Waals surface area contributed by atoms with Gasteiger partial charge >= 0.3 is 0 Å². The first kappa shape index (κ1) is 15.3. The third-order valence-electron chi connectivity index (χ3n) is 4.05. The van der Waals surface area contributed by atoms with Crippen LogP contribution in [0, 0.1) is 27.7 Å². The van der Waals surface area contributed by atoms with E-state index in [4.69, 9.17) is 4.52 Å². The zero-order valence-electron chi connectivity index (χ0n) is 13.9. The van der Waals surface area contributed by atoms with Crippen LogP contribution in [-0.2, 0) is 11.2 Å². The third-order valence-corrected chi connectivity index (χ3v) is 4.05. The molecule has 4 nitrogen and oxygen atoms in total. The number of carbonyl (C=O) groups is 1. The van der Waals surface area contributed by atoms with Gasteiger partial charge in [0.05, 0.1) is 6.42 Å². The molecular formula is C19H20N2O2. The number of nitrogens with zero attached hydrogens (tertiary/aromatic N) is 1. The van der Waals surface area contributed by atoms with E-state index < -0.39 is 0 Å². The van der Waals surface area contributed by atoms with Crippen molar-refractivity contribution >= 4 is 22.6 Å². The van der Waals surface area contributed by atoms with Crippen molar-refractivity contribution < 1.29 is 9.32 Å². The van der Waals surface area contributed by atoms with Crippen molar-refractivity contribution in [1.82, 2.24) is 5.16 Å². The maximum atomic E-state index is 12.4. The predicted molar refractivity (Wildman–Crippen MR) is 91.7 cm³/mol. The maximum absolute atomic E-state index is 12.4. The maximum Gasteiger partial charge on any atom is 0.230 e. The predicted octanol–water partition coefficient (Wildman–Crippen LogP) is 4.24. The molecule has 0 bridgehead atoms. The number of carbonyl (C=O) groups excluding carboxylic acids is 1. The molecule has 3 aromatic rings. The summed E-state index contributed by atoms with van der Waals surface area (Å²) < 4.78 is 5.40. The Bertz CT molecular complexity index is 874. The van der Waals surface area contributed by atoms with E-state index in [2.05, 4.69) is 10.5 Å². The van der Waals surface area contributed by atoms with E-state index in [1.807, 2.05) is 58.0 Å². The molecule has 1 heterocycles. The highest BCUT2D eigenvalue weighted by atomic mass is 16.5. The fourth-order valence-corrected chi connectivity index (χ4v) is 2.91. The molecule has 0 aliphatic carbocycles. The lowest BCUT2D eigenvalue weighted by atomic mass is 10.1. The summed E-state index contributed by atoms with van der Waals surface area (Å²) in [7, 11) is 0. The lowest BCUT2D eigenvalue weighted by Gasteiger charge is -2.10. The fraction of sp³-hybridized carbons (Fsp3) is 0.263. The van der Waals surface area contributed by atoms with E-state index in [0.717, 1.165) is 38.9 Å². The lowest BCUT2D eigenvalue weighted by molar-refractivity contribution is -0.115. The second-order valence-corrected chi connectivity index (χ2v) is 6.08. The van der Waals surface area contributed by atoms with E-state index in [1.165, 1.54) is 0 Å². The smallest absolute Gasteiger partial charge is 0.230 e. The molecule has 0 unspecified atom stereocenters. The lowest BCUT2D eigenvalue weighted by Crippen LogP contribution is -2.16. The zero-order chi connectivity index (χ0) is 16.6. The van der Waals surface area contributed by atoms with Crippen molar-refractivity contribution in [2.45, 2.75) is 34.1 Å². The molecule has 1 N–H and O–H groups in total. The quantitative estimate of drug-likeness (QED) is 0.787. The Balaban J connectivity index is 1.86. The van der Waals surface area contributed by atoms with Crippen molar-refractivity contribution in [3.63, 3.8) is 0 Å². The number of fused-ring (bicyclic) bond motifs is 1. The van der Waals surface area contributed by atoms with E-state index in [1.54, 1.807) is 0 Å². The summed E-state index contributed by atoms with van der Waals surface area (Å²) in [5, 5.41) is 7.99. The SMILES string of the molecule is Cc1cc(C)c2onc(CC(=O)Nc3c(C)cccc3C)c2c1. The zero-order valence-corrected chi connectivity index (χ0v) is 13.9. The Labute approximate surface area is 135 Å². The van der Waals surface area contributed by atoms with Crippen LogP contribution in [0.3, 0.4) is 0 Å². The van der Waals surface area contributed by atoms with Crippen LogP contribution in [0.5, 0.6) is 0 Å². The van der Waals surface area contributed by atoms with E-state index in [0.29, 0.717) is 5.69 Å². The van der Waals surface area contributed by atoms with E-state index in [-0.39, 0.29) is 12.3 Å². The van der Waals surface area contributed by atoms with Gasteiger partial charge in [0.25, 0.3) is 0 Å². The van der Waals surface area contributed by atoms with Gasteiger partial charge in [0, 0.05) is 11.1 Å². The standard InChI is InChI=1S/C19H20N2O2/c1-11-8-14(4)19-15(9-11)16(21-23-19)10-17(22)20-18-12(2)6-5-7-13(18)3/h5-9H,10H2,1-4H3,(H,20,22). The summed E-state index contributed by atoms with van der Waals surface area (Å²) in [5.74, 6) is -0.0863. The molecule has 118 valence electrons. The molecule has 0 aliphatic rings. The van der Waals surface area contributed by atoms with Crippen molar-refractivity contribution in [2.75, 3.05) is 5.32 Å². The molecule has 0 aliphatic heterocycles. The monoisotopic (exact) mass is 308 g/mol. The van der Waals surface area contributed by atoms with Crippen molar-refractivity contribution in [1.29, 1.82) is 0 Å². The number of hydrogen-bond acceptors (Lipinski definition) is 3. The van der Waals surface area contributed by atoms with Crippen LogP contribution >= 0.6 is 0 Å². The molecule has 0 spiro atoms. The van der Waals surface area contributed by atoms with Crippen molar-refractivity contribution in [3.05, 3.63) is 58.3 Å². The first-order valence-corrected chi connectivity index (χ1v) is 7.67. The molecule has 0 radical (unpaired) electrons. The molecule has 1 aromatic heterocycles. The fourth-order valence-electron chi connectivity index (χ4n) is 2.91. The van der Waals surface area contributed by atoms with Crippen LogP contribution in [0.2, 0.25) is 0 Å². The summed E-state index contributed by atoms with van der Waals surface area (Å²) in [6.07, 6.45) is 0.198. The Morgan fingerprint density at radius 3 is 2.48 bits per heavy atom. The summed E-state index contributed by atoms with van der Waals surface area (Å²) in [4.78, 5) is 12.4. The highest BCUT2D eigenvalue weighted by molar-refractivity contribution is 5.96. The van der Waals surface area contributed by atoms with Crippen LogP contribution in [0.15, 0.2) is 34.9 Å². The summed E-state index contributed by atoms with van der Waals surface area (Å²) in [6, 6.07) is 10.0. The van der Waals surface area contributed by atoms with Gasteiger partial charge in [-0.15, -0.1) is 0 Å². The molecular weight excluding hydrogens is 288 g/mol. The van der Waals surface area contributed by atoms with Crippen molar-refractivity contribution in [3.8, 4) is 0 Å². The van der Waals surface area contributed by atoms with Gasteiger partial charge in [0.1, 0.15) is 5.69 Å². The highest BCUT2D eigenvalue weighted by Crippen LogP contribution is 2.25. The summed E-state index contributed by atoms with van der Waals surface area (Å²) in [5.41, 5.74) is 6.58. The van der Waals surface area contributed by atoms with Crippen LogP contribution < -0.4 is 5.32 Å². The van der Waals surface area contributed by atoms with Gasteiger partial charge in [0.15, 0.2) is 5.58 Å². The summed E-state index contributed by atoms with van der Waals surface area (Å²) >= 11 is 0. The number of aryl methyl sites for hydroxylation is 4. The van der Waals surface area contributed by atoms with Gasteiger partial charge in [-0.1, -0.05) is 29.4 Å². The Morgan fingerprint density at radius 1 is 1.09 bits per heavy atom. The average Bonchev–Trinajstić information content (AvgIpc) is 2.86. The number of aromatic nitrogens is 1. The van der Waals surface area contributed by atoms with Crippen LogP contribution in [0.1, 0.15) is 27.9 Å². The number of para-hydroxylation sites is 1. The second-order valence-electron chi connectivity index (χ2n) is 6.08. The van der Waals surface area contributed by atoms with Gasteiger partial charge in [-0.05, 0) is 56.0 Å². The number of rotatable bonds is 3. The van der Waals surface area contributed by atoms with Gasteiger partial charge in [0.2, 0.25) is 5.91 Å². The topological polar surface area (TPSA) is 55.1 Å². The number of benzene rings is 2. The molecule has 0 fully saturated rings. The van der Waals surface area contributed by atoms with Crippen LogP contribution in [0.25, 0.3) is 11.0 Å².